The first-order chi connectivity index (χ1) is 12.4. The Balaban J connectivity index is 1.63. The Bertz CT molecular complexity index is 1060. The highest BCUT2D eigenvalue weighted by atomic mass is 19.4. The van der Waals surface area contributed by atoms with Gasteiger partial charge < -0.3 is 10.7 Å². The molecule has 0 aliphatic heterocycles. The highest BCUT2D eigenvalue weighted by Crippen LogP contribution is 2.31. The van der Waals surface area contributed by atoms with Gasteiger partial charge in [-0.1, -0.05) is 36.4 Å². The molecule has 0 bridgehead atoms. The van der Waals surface area contributed by atoms with E-state index in [2.05, 4.69) is 9.97 Å². The van der Waals surface area contributed by atoms with Crippen LogP contribution >= 0.6 is 0 Å². The second-order valence-corrected chi connectivity index (χ2v) is 6.01. The second-order valence-electron chi connectivity index (χ2n) is 6.01. The number of fused-ring (bicyclic) bond motifs is 1. The molecule has 1 aromatic heterocycles. The lowest BCUT2D eigenvalue weighted by atomic mass is 10.0. The number of nitrogens with zero attached hydrogens (tertiary/aromatic N) is 1. The molecule has 4 rings (SSSR count). The predicted molar refractivity (Wildman–Crippen MR) is 96.4 cm³/mol. The van der Waals surface area contributed by atoms with Crippen molar-refractivity contribution in [1.29, 1.82) is 0 Å². The molecule has 1 heterocycles. The number of imidazole rings is 1. The van der Waals surface area contributed by atoms with Crippen LogP contribution in [0.1, 0.15) is 5.56 Å². The number of halogens is 3. The standard InChI is InChI=1S/C20H14F3N3/c21-20(22,23)15-7-5-13(6-8-15)12-1-3-14(4-2-12)19-25-17-10-9-16(24)11-18(17)26-19/h1-11H,24H2,(H,25,26). The SMILES string of the molecule is Nc1ccc2nc(-c3ccc(-c4ccc(C(F)(F)F)cc4)cc3)[nH]c2c1. The van der Waals surface area contributed by atoms with Crippen LogP contribution < -0.4 is 5.73 Å². The van der Waals surface area contributed by atoms with Crippen LogP contribution in [0.2, 0.25) is 0 Å². The molecule has 6 heteroatoms. The summed E-state index contributed by atoms with van der Waals surface area (Å²) in [6.45, 7) is 0. The molecule has 3 N–H and O–H groups in total. The fourth-order valence-electron chi connectivity index (χ4n) is 2.84. The minimum Gasteiger partial charge on any atom is -0.399 e. The van der Waals surface area contributed by atoms with Crippen molar-refractivity contribution < 1.29 is 13.2 Å². The van der Waals surface area contributed by atoms with E-state index in [1.807, 2.05) is 36.4 Å². The summed E-state index contributed by atoms with van der Waals surface area (Å²) >= 11 is 0. The summed E-state index contributed by atoms with van der Waals surface area (Å²) in [6, 6.07) is 18.1. The Morgan fingerprint density at radius 1 is 0.769 bits per heavy atom. The first-order valence-electron chi connectivity index (χ1n) is 7.93. The van der Waals surface area contributed by atoms with E-state index in [4.69, 9.17) is 5.73 Å². The van der Waals surface area contributed by atoms with Crippen molar-refractivity contribution in [3.63, 3.8) is 0 Å². The zero-order valence-electron chi connectivity index (χ0n) is 13.5. The van der Waals surface area contributed by atoms with Gasteiger partial charge in [-0.05, 0) is 41.5 Å². The van der Waals surface area contributed by atoms with Crippen molar-refractivity contribution in [2.45, 2.75) is 6.18 Å². The molecule has 0 saturated carbocycles. The lowest BCUT2D eigenvalue weighted by Gasteiger charge is -2.08. The van der Waals surface area contributed by atoms with Gasteiger partial charge in [0.1, 0.15) is 5.82 Å². The fraction of sp³-hybridized carbons (Fsp3) is 0.0500. The molecule has 0 atom stereocenters. The van der Waals surface area contributed by atoms with Crippen LogP contribution in [0.4, 0.5) is 18.9 Å². The van der Waals surface area contributed by atoms with Gasteiger partial charge in [-0.25, -0.2) is 4.98 Å². The summed E-state index contributed by atoms with van der Waals surface area (Å²) in [6.07, 6.45) is -4.33. The van der Waals surface area contributed by atoms with E-state index in [-0.39, 0.29) is 0 Å². The highest BCUT2D eigenvalue weighted by molar-refractivity contribution is 5.82. The van der Waals surface area contributed by atoms with Crippen LogP contribution in [0.15, 0.2) is 66.7 Å². The smallest absolute Gasteiger partial charge is 0.399 e. The molecule has 4 aromatic rings. The minimum absolute atomic E-state index is 0.653. The van der Waals surface area contributed by atoms with Crippen molar-refractivity contribution in [3.8, 4) is 22.5 Å². The normalized spacial score (nSPS) is 11.8. The maximum atomic E-state index is 12.7. The summed E-state index contributed by atoms with van der Waals surface area (Å²) in [4.78, 5) is 7.75. The zero-order valence-corrected chi connectivity index (χ0v) is 13.5. The number of aromatic amines is 1. The zero-order chi connectivity index (χ0) is 18.3. The van der Waals surface area contributed by atoms with Crippen LogP contribution in [0, 0.1) is 0 Å². The monoisotopic (exact) mass is 353 g/mol. The van der Waals surface area contributed by atoms with E-state index in [0.717, 1.165) is 39.9 Å². The molecule has 0 spiro atoms. The molecule has 130 valence electrons. The van der Waals surface area contributed by atoms with Gasteiger partial charge in [-0.15, -0.1) is 0 Å². The van der Waals surface area contributed by atoms with E-state index in [9.17, 15) is 13.2 Å². The molecule has 0 aliphatic carbocycles. The van der Waals surface area contributed by atoms with Crippen molar-refractivity contribution >= 4 is 16.7 Å². The van der Waals surface area contributed by atoms with Crippen LogP contribution in [-0.4, -0.2) is 9.97 Å². The van der Waals surface area contributed by atoms with Gasteiger partial charge in [-0.3, -0.25) is 0 Å². The van der Waals surface area contributed by atoms with Crippen LogP contribution in [0.5, 0.6) is 0 Å². The molecule has 26 heavy (non-hydrogen) atoms. The van der Waals surface area contributed by atoms with Crippen molar-refractivity contribution in [2.24, 2.45) is 0 Å². The number of aromatic nitrogens is 2. The Hall–Kier alpha value is -3.28. The van der Waals surface area contributed by atoms with Crippen molar-refractivity contribution in [1.82, 2.24) is 9.97 Å². The number of nitrogens with one attached hydrogen (secondary N) is 1. The van der Waals surface area contributed by atoms with Gasteiger partial charge in [0.2, 0.25) is 0 Å². The number of nitrogens with two attached hydrogens (primary N) is 1. The Kier molecular flexibility index (Phi) is 3.68. The van der Waals surface area contributed by atoms with Crippen molar-refractivity contribution in [3.05, 3.63) is 72.3 Å². The van der Waals surface area contributed by atoms with Gasteiger partial charge in [0.25, 0.3) is 0 Å². The number of anilines is 1. The predicted octanol–water partition coefficient (Wildman–Crippen LogP) is 5.50. The molecule has 3 nitrogen and oxygen atoms in total. The third-order valence-electron chi connectivity index (χ3n) is 4.21. The van der Waals surface area contributed by atoms with E-state index in [1.165, 1.54) is 12.1 Å². The molecule has 0 fully saturated rings. The van der Waals surface area contributed by atoms with E-state index < -0.39 is 11.7 Å². The fourth-order valence-corrected chi connectivity index (χ4v) is 2.84. The number of hydrogen-bond donors (Lipinski definition) is 2. The van der Waals surface area contributed by atoms with E-state index in [0.29, 0.717) is 11.5 Å². The maximum absolute atomic E-state index is 12.7. The lowest BCUT2D eigenvalue weighted by Crippen LogP contribution is -2.03. The number of nitrogen functional groups attached to an aromatic ring is 1. The molecule has 0 radical (unpaired) electrons. The summed E-state index contributed by atoms with van der Waals surface area (Å²) in [5.74, 6) is 0.713. The number of hydrogen-bond acceptors (Lipinski definition) is 2. The topological polar surface area (TPSA) is 54.7 Å². The number of rotatable bonds is 2. The largest absolute Gasteiger partial charge is 0.416 e. The third-order valence-corrected chi connectivity index (χ3v) is 4.21. The molecule has 3 aromatic carbocycles. The first kappa shape index (κ1) is 16.2. The van der Waals surface area contributed by atoms with Crippen LogP contribution in [0.25, 0.3) is 33.5 Å². The molecular formula is C20H14F3N3. The van der Waals surface area contributed by atoms with Gasteiger partial charge in [-0.2, -0.15) is 13.2 Å². The Labute approximate surface area is 147 Å². The number of benzene rings is 3. The minimum atomic E-state index is -4.33. The molecular weight excluding hydrogens is 339 g/mol. The van der Waals surface area contributed by atoms with Crippen LogP contribution in [-0.2, 0) is 6.18 Å². The average Bonchev–Trinajstić information content (AvgIpc) is 3.04. The quantitative estimate of drug-likeness (QED) is 0.468. The summed E-state index contributed by atoms with van der Waals surface area (Å²) in [5.41, 5.74) is 9.90. The Morgan fingerprint density at radius 3 is 1.96 bits per heavy atom. The first-order valence-corrected chi connectivity index (χ1v) is 7.93. The molecule has 0 amide bonds. The highest BCUT2D eigenvalue weighted by Gasteiger charge is 2.29. The second kappa shape index (κ2) is 5.91. The molecule has 0 saturated heterocycles. The molecule has 0 unspecified atom stereocenters. The van der Waals surface area contributed by atoms with Gasteiger partial charge in [0, 0.05) is 11.3 Å². The van der Waals surface area contributed by atoms with E-state index in [1.54, 1.807) is 6.07 Å². The van der Waals surface area contributed by atoms with Gasteiger partial charge in [0.15, 0.2) is 0 Å². The maximum Gasteiger partial charge on any atom is 0.416 e. The van der Waals surface area contributed by atoms with Crippen LogP contribution in [0.3, 0.4) is 0 Å². The number of alkyl halides is 3. The van der Waals surface area contributed by atoms with Gasteiger partial charge in [0.05, 0.1) is 16.6 Å². The summed E-state index contributed by atoms with van der Waals surface area (Å²) in [5, 5.41) is 0. The van der Waals surface area contributed by atoms with Crippen molar-refractivity contribution in [2.75, 3.05) is 5.73 Å². The third kappa shape index (κ3) is 3.01. The van der Waals surface area contributed by atoms with E-state index >= 15 is 0 Å². The lowest BCUT2D eigenvalue weighted by molar-refractivity contribution is -0.137. The molecule has 0 aliphatic rings. The van der Waals surface area contributed by atoms with Gasteiger partial charge >= 0.3 is 6.18 Å². The average molecular weight is 353 g/mol. The Morgan fingerprint density at radius 2 is 1.35 bits per heavy atom. The summed E-state index contributed by atoms with van der Waals surface area (Å²) in [7, 11) is 0. The summed E-state index contributed by atoms with van der Waals surface area (Å²) < 4.78 is 38.0. The number of H-pyrrole nitrogens is 1.